The summed E-state index contributed by atoms with van der Waals surface area (Å²) in [5.74, 6) is -0.289. The highest BCUT2D eigenvalue weighted by Gasteiger charge is 2.11. The Hall–Kier alpha value is -1.39. The molecule has 86 valence electrons. The Labute approximate surface area is 97.5 Å². The summed E-state index contributed by atoms with van der Waals surface area (Å²) >= 11 is 0. The van der Waals surface area contributed by atoms with Gasteiger partial charge in [0.25, 0.3) is 5.97 Å². The van der Waals surface area contributed by atoms with Gasteiger partial charge in [-0.1, -0.05) is 36.4 Å². The summed E-state index contributed by atoms with van der Waals surface area (Å²) in [4.78, 5) is 10.8. The average Bonchev–Trinajstić information content (AvgIpc) is 2.27. The van der Waals surface area contributed by atoms with Gasteiger partial charge in [0.05, 0.1) is 0 Å². The lowest BCUT2D eigenvalue weighted by molar-refractivity contribution is -0.133. The summed E-state index contributed by atoms with van der Waals surface area (Å²) < 4.78 is 10.5. The molecule has 1 unspecified atom stereocenters. The van der Waals surface area contributed by atoms with E-state index in [4.69, 9.17) is 8.85 Å². The average molecular weight is 236 g/mol. The predicted molar refractivity (Wildman–Crippen MR) is 66.0 cm³/mol. The van der Waals surface area contributed by atoms with E-state index < -0.39 is 9.28 Å². The quantitative estimate of drug-likeness (QED) is 0.734. The van der Waals surface area contributed by atoms with Gasteiger partial charge in [-0.05, 0) is 18.2 Å². The van der Waals surface area contributed by atoms with Gasteiger partial charge in [0.1, 0.15) is 0 Å². The summed E-state index contributed by atoms with van der Waals surface area (Å²) in [6.07, 6.45) is 1.93. The van der Waals surface area contributed by atoms with Gasteiger partial charge in [0, 0.05) is 13.5 Å². The molecular formula is C12H16O3Si. The third-order valence-corrected chi connectivity index (χ3v) is 3.59. The van der Waals surface area contributed by atoms with Gasteiger partial charge in [-0.3, -0.25) is 4.79 Å². The van der Waals surface area contributed by atoms with Crippen molar-refractivity contribution < 1.29 is 13.6 Å². The Morgan fingerprint density at radius 2 is 2.06 bits per heavy atom. The molecule has 4 heteroatoms. The SMILES string of the molecule is CCO[SiH](C=Cc1ccccc1)OC(C)=O. The zero-order valence-electron chi connectivity index (χ0n) is 9.55. The van der Waals surface area contributed by atoms with Gasteiger partial charge in [-0.25, -0.2) is 0 Å². The van der Waals surface area contributed by atoms with Crippen LogP contribution in [0.1, 0.15) is 19.4 Å². The Bertz CT molecular complexity index is 349. The number of rotatable bonds is 5. The molecule has 0 heterocycles. The molecule has 0 bridgehead atoms. The minimum absolute atomic E-state index is 0.289. The van der Waals surface area contributed by atoms with Crippen LogP contribution >= 0.6 is 0 Å². The normalized spacial score (nSPS) is 12.6. The van der Waals surface area contributed by atoms with E-state index in [9.17, 15) is 4.79 Å². The molecule has 1 atom stereocenters. The second-order valence-corrected chi connectivity index (χ2v) is 4.89. The van der Waals surface area contributed by atoms with E-state index in [0.29, 0.717) is 6.61 Å². The highest BCUT2D eigenvalue weighted by Crippen LogP contribution is 2.03. The molecule has 16 heavy (non-hydrogen) atoms. The number of hydrogen-bond donors (Lipinski definition) is 0. The summed E-state index contributed by atoms with van der Waals surface area (Å²) in [7, 11) is -1.99. The zero-order chi connectivity index (χ0) is 11.8. The molecule has 0 aliphatic carbocycles. The smallest absolute Gasteiger partial charge is 0.412 e. The minimum Gasteiger partial charge on any atom is -0.493 e. The molecule has 0 saturated carbocycles. The van der Waals surface area contributed by atoms with Crippen LogP contribution in [0.25, 0.3) is 6.08 Å². The molecule has 0 saturated heterocycles. The van der Waals surface area contributed by atoms with Crippen molar-refractivity contribution in [2.75, 3.05) is 6.61 Å². The third-order valence-electron chi connectivity index (χ3n) is 1.86. The molecule has 1 aromatic rings. The molecule has 0 spiro atoms. The first-order valence-electron chi connectivity index (χ1n) is 5.24. The lowest BCUT2D eigenvalue weighted by atomic mass is 10.2. The van der Waals surface area contributed by atoms with Crippen LogP contribution < -0.4 is 0 Å². The maximum Gasteiger partial charge on any atom is 0.412 e. The van der Waals surface area contributed by atoms with Crippen LogP contribution in [-0.4, -0.2) is 21.9 Å². The highest BCUT2D eigenvalue weighted by atomic mass is 28.3. The topological polar surface area (TPSA) is 35.5 Å². The molecule has 0 radical (unpaired) electrons. The van der Waals surface area contributed by atoms with E-state index in [-0.39, 0.29) is 5.97 Å². The van der Waals surface area contributed by atoms with Crippen molar-refractivity contribution in [1.29, 1.82) is 0 Å². The number of benzene rings is 1. The zero-order valence-corrected chi connectivity index (χ0v) is 10.7. The molecule has 0 aliphatic rings. The Morgan fingerprint density at radius 3 is 2.62 bits per heavy atom. The summed E-state index contributed by atoms with van der Waals surface area (Å²) in [5.41, 5.74) is 2.94. The van der Waals surface area contributed by atoms with E-state index in [1.807, 2.05) is 49.0 Å². The van der Waals surface area contributed by atoms with Crippen molar-refractivity contribution in [3.05, 3.63) is 41.6 Å². The highest BCUT2D eigenvalue weighted by molar-refractivity contribution is 6.53. The number of hydrogen-bond acceptors (Lipinski definition) is 3. The summed E-state index contributed by atoms with van der Waals surface area (Å²) in [5, 5.41) is 0. The number of carbonyl (C=O) groups excluding carboxylic acids is 1. The molecule has 0 aromatic heterocycles. The second-order valence-electron chi connectivity index (χ2n) is 3.20. The first kappa shape index (κ1) is 12.7. The van der Waals surface area contributed by atoms with Crippen molar-refractivity contribution in [2.24, 2.45) is 0 Å². The van der Waals surface area contributed by atoms with Gasteiger partial charge in [0.2, 0.25) is 0 Å². The van der Waals surface area contributed by atoms with Crippen molar-refractivity contribution in [1.82, 2.24) is 0 Å². The molecule has 0 aliphatic heterocycles. The van der Waals surface area contributed by atoms with Crippen LogP contribution in [0.2, 0.25) is 0 Å². The maximum absolute atomic E-state index is 10.8. The van der Waals surface area contributed by atoms with Crippen molar-refractivity contribution >= 4 is 21.3 Å². The number of carbonyl (C=O) groups is 1. The fraction of sp³-hybridized carbons (Fsp3) is 0.250. The first-order chi connectivity index (χ1) is 7.72. The van der Waals surface area contributed by atoms with Crippen molar-refractivity contribution in [3.8, 4) is 0 Å². The standard InChI is InChI=1S/C12H16O3Si/c1-3-14-16(15-11(2)13)10-9-12-7-5-4-6-8-12/h4-10,16H,3H2,1-2H3. The van der Waals surface area contributed by atoms with Crippen LogP contribution in [0.4, 0.5) is 0 Å². The maximum atomic E-state index is 10.8. The summed E-state index contributed by atoms with van der Waals surface area (Å²) in [6.45, 7) is 3.85. The Kier molecular flexibility index (Phi) is 5.53. The minimum atomic E-state index is -1.99. The Balaban J connectivity index is 2.60. The Morgan fingerprint density at radius 1 is 1.38 bits per heavy atom. The van der Waals surface area contributed by atoms with E-state index >= 15 is 0 Å². The molecule has 0 N–H and O–H groups in total. The fourth-order valence-electron chi connectivity index (χ4n) is 1.21. The lowest BCUT2D eigenvalue weighted by Crippen LogP contribution is -2.23. The lowest BCUT2D eigenvalue weighted by Gasteiger charge is -2.10. The molecule has 0 amide bonds. The van der Waals surface area contributed by atoms with Crippen LogP contribution in [0.5, 0.6) is 0 Å². The second kappa shape index (κ2) is 6.98. The molecule has 0 fully saturated rings. The van der Waals surface area contributed by atoms with E-state index in [1.54, 1.807) is 0 Å². The van der Waals surface area contributed by atoms with Gasteiger partial charge >= 0.3 is 9.28 Å². The van der Waals surface area contributed by atoms with Gasteiger partial charge in [0.15, 0.2) is 0 Å². The van der Waals surface area contributed by atoms with Crippen molar-refractivity contribution in [3.63, 3.8) is 0 Å². The van der Waals surface area contributed by atoms with Crippen LogP contribution in [0.3, 0.4) is 0 Å². The van der Waals surface area contributed by atoms with Crippen LogP contribution in [0, 0.1) is 0 Å². The predicted octanol–water partition coefficient (Wildman–Crippen LogP) is 2.06. The van der Waals surface area contributed by atoms with Gasteiger partial charge in [-0.15, -0.1) is 0 Å². The van der Waals surface area contributed by atoms with E-state index in [0.717, 1.165) is 5.56 Å². The fourth-order valence-corrected chi connectivity index (χ4v) is 2.50. The molecule has 1 rings (SSSR count). The van der Waals surface area contributed by atoms with E-state index in [2.05, 4.69) is 0 Å². The molecule has 3 nitrogen and oxygen atoms in total. The van der Waals surface area contributed by atoms with Crippen LogP contribution in [-0.2, 0) is 13.6 Å². The van der Waals surface area contributed by atoms with E-state index in [1.165, 1.54) is 6.92 Å². The largest absolute Gasteiger partial charge is 0.493 e. The molecular weight excluding hydrogens is 220 g/mol. The van der Waals surface area contributed by atoms with Crippen LogP contribution in [0.15, 0.2) is 36.0 Å². The van der Waals surface area contributed by atoms with Gasteiger partial charge in [-0.2, -0.15) is 0 Å². The third kappa shape index (κ3) is 4.91. The monoisotopic (exact) mass is 236 g/mol. The first-order valence-corrected chi connectivity index (χ1v) is 6.85. The summed E-state index contributed by atoms with van der Waals surface area (Å²) in [6, 6.07) is 9.86. The van der Waals surface area contributed by atoms with Gasteiger partial charge < -0.3 is 8.85 Å². The molecule has 1 aromatic carbocycles. The van der Waals surface area contributed by atoms with Crippen molar-refractivity contribution in [2.45, 2.75) is 13.8 Å².